The van der Waals surface area contributed by atoms with Crippen LogP contribution in [0, 0.1) is 0 Å². The van der Waals surface area contributed by atoms with Crippen molar-refractivity contribution in [3.8, 4) is 0 Å². The molecule has 1 aromatic carbocycles. The first kappa shape index (κ1) is 15.2. The van der Waals surface area contributed by atoms with Crippen molar-refractivity contribution in [3.63, 3.8) is 0 Å². The predicted octanol–water partition coefficient (Wildman–Crippen LogP) is 3.14. The number of rotatable bonds is 7. The number of anilines is 1. The van der Waals surface area contributed by atoms with Crippen LogP contribution in [-0.4, -0.2) is 31.9 Å². The van der Waals surface area contributed by atoms with E-state index in [-0.39, 0.29) is 0 Å². The molecule has 0 saturated carbocycles. The van der Waals surface area contributed by atoms with E-state index in [0.29, 0.717) is 6.61 Å². The smallest absolute Gasteiger partial charge is 0.0762 e. The lowest BCUT2D eigenvalue weighted by atomic mass is 10.1. The minimum atomic E-state index is -0.456. The molecular weight excluding hydrogens is 294 g/mol. The molecule has 0 bridgehead atoms. The molecular formula is C14H20BrNO2. The Labute approximate surface area is 117 Å². The molecule has 0 fully saturated rings. The van der Waals surface area contributed by atoms with Gasteiger partial charge >= 0.3 is 0 Å². The SMILES string of the molecule is C=CCN(CCOC)c1ccc(C(C)O)cc1Br. The van der Waals surface area contributed by atoms with Crippen LogP contribution in [-0.2, 0) is 4.74 Å². The maximum Gasteiger partial charge on any atom is 0.0762 e. The van der Waals surface area contributed by atoms with Gasteiger partial charge < -0.3 is 14.7 Å². The van der Waals surface area contributed by atoms with Crippen LogP contribution in [0.15, 0.2) is 35.3 Å². The van der Waals surface area contributed by atoms with E-state index in [1.54, 1.807) is 14.0 Å². The Balaban J connectivity index is 2.93. The number of aliphatic hydroxyl groups excluding tert-OH is 1. The van der Waals surface area contributed by atoms with Gasteiger partial charge in [0.15, 0.2) is 0 Å². The largest absolute Gasteiger partial charge is 0.389 e. The fourth-order valence-corrected chi connectivity index (χ4v) is 2.35. The number of ether oxygens (including phenoxy) is 1. The Morgan fingerprint density at radius 3 is 2.78 bits per heavy atom. The first-order chi connectivity index (χ1) is 8.60. The highest BCUT2D eigenvalue weighted by molar-refractivity contribution is 9.10. The maximum atomic E-state index is 9.55. The maximum absolute atomic E-state index is 9.55. The van der Waals surface area contributed by atoms with E-state index >= 15 is 0 Å². The van der Waals surface area contributed by atoms with E-state index in [2.05, 4.69) is 27.4 Å². The number of aliphatic hydroxyl groups is 1. The topological polar surface area (TPSA) is 32.7 Å². The van der Waals surface area contributed by atoms with Gasteiger partial charge in [0.05, 0.1) is 18.4 Å². The summed E-state index contributed by atoms with van der Waals surface area (Å²) in [6.45, 7) is 7.76. The quantitative estimate of drug-likeness (QED) is 0.785. The molecule has 0 heterocycles. The van der Waals surface area contributed by atoms with Crippen LogP contribution in [0.5, 0.6) is 0 Å². The minimum absolute atomic E-state index is 0.456. The molecule has 4 heteroatoms. The highest BCUT2D eigenvalue weighted by Crippen LogP contribution is 2.29. The summed E-state index contributed by atoms with van der Waals surface area (Å²) < 4.78 is 6.08. The molecule has 3 nitrogen and oxygen atoms in total. The standard InChI is InChI=1S/C14H20BrNO2/c1-4-7-16(8-9-18-3)14-6-5-12(11(2)17)10-13(14)15/h4-6,10-11,17H,1,7-9H2,2-3H3. The molecule has 0 aromatic heterocycles. The summed E-state index contributed by atoms with van der Waals surface area (Å²) in [6.07, 6.45) is 1.41. The fourth-order valence-electron chi connectivity index (χ4n) is 1.71. The Hall–Kier alpha value is -0.840. The average Bonchev–Trinajstić information content (AvgIpc) is 2.34. The average molecular weight is 314 g/mol. The molecule has 0 saturated heterocycles. The summed E-state index contributed by atoms with van der Waals surface area (Å²) in [6, 6.07) is 5.89. The zero-order chi connectivity index (χ0) is 13.5. The zero-order valence-electron chi connectivity index (χ0n) is 10.9. The molecule has 1 rings (SSSR count). The minimum Gasteiger partial charge on any atom is -0.389 e. The number of halogens is 1. The molecule has 0 aliphatic heterocycles. The van der Waals surface area contributed by atoms with E-state index in [4.69, 9.17) is 4.74 Å². The summed E-state index contributed by atoms with van der Waals surface area (Å²) in [7, 11) is 1.69. The van der Waals surface area contributed by atoms with Gasteiger partial charge in [0.1, 0.15) is 0 Å². The Morgan fingerprint density at radius 1 is 1.56 bits per heavy atom. The van der Waals surface area contributed by atoms with Crippen LogP contribution in [0.2, 0.25) is 0 Å². The first-order valence-electron chi connectivity index (χ1n) is 5.92. The van der Waals surface area contributed by atoms with Crippen LogP contribution < -0.4 is 4.90 Å². The number of hydrogen-bond donors (Lipinski definition) is 1. The van der Waals surface area contributed by atoms with Crippen molar-refractivity contribution in [1.29, 1.82) is 0 Å². The normalized spacial score (nSPS) is 12.2. The van der Waals surface area contributed by atoms with Crippen molar-refractivity contribution >= 4 is 21.6 Å². The van der Waals surface area contributed by atoms with E-state index in [9.17, 15) is 5.11 Å². The molecule has 1 unspecified atom stereocenters. The van der Waals surface area contributed by atoms with Crippen LogP contribution in [0.4, 0.5) is 5.69 Å². The number of benzene rings is 1. The van der Waals surface area contributed by atoms with Crippen LogP contribution >= 0.6 is 15.9 Å². The number of nitrogens with zero attached hydrogens (tertiary/aromatic N) is 1. The van der Waals surface area contributed by atoms with Gasteiger partial charge in [0, 0.05) is 24.7 Å². The van der Waals surface area contributed by atoms with Crippen LogP contribution in [0.3, 0.4) is 0 Å². The first-order valence-corrected chi connectivity index (χ1v) is 6.71. The number of methoxy groups -OCH3 is 1. The molecule has 0 spiro atoms. The molecule has 1 aromatic rings. The number of hydrogen-bond acceptors (Lipinski definition) is 3. The Kier molecular flexibility index (Phi) is 6.39. The fraction of sp³-hybridized carbons (Fsp3) is 0.429. The van der Waals surface area contributed by atoms with Crippen molar-refractivity contribution in [1.82, 2.24) is 0 Å². The van der Waals surface area contributed by atoms with Gasteiger partial charge in [-0.1, -0.05) is 12.1 Å². The van der Waals surface area contributed by atoms with Gasteiger partial charge in [-0.25, -0.2) is 0 Å². The van der Waals surface area contributed by atoms with E-state index in [0.717, 1.165) is 28.8 Å². The van der Waals surface area contributed by atoms with Crippen LogP contribution in [0.25, 0.3) is 0 Å². The second-order valence-electron chi connectivity index (χ2n) is 4.11. The van der Waals surface area contributed by atoms with E-state index in [1.807, 2.05) is 24.3 Å². The van der Waals surface area contributed by atoms with Gasteiger partial charge in [-0.05, 0) is 40.5 Å². The molecule has 18 heavy (non-hydrogen) atoms. The van der Waals surface area contributed by atoms with Crippen LogP contribution in [0.1, 0.15) is 18.6 Å². The lowest BCUT2D eigenvalue weighted by Gasteiger charge is -2.24. The molecule has 0 aliphatic rings. The van der Waals surface area contributed by atoms with Gasteiger partial charge in [0.2, 0.25) is 0 Å². The van der Waals surface area contributed by atoms with Gasteiger partial charge in [-0.2, -0.15) is 0 Å². The van der Waals surface area contributed by atoms with Crippen molar-refractivity contribution < 1.29 is 9.84 Å². The lowest BCUT2D eigenvalue weighted by molar-refractivity contribution is 0.199. The highest BCUT2D eigenvalue weighted by atomic mass is 79.9. The third kappa shape index (κ3) is 4.12. The molecule has 1 atom stereocenters. The Bertz CT molecular complexity index is 393. The van der Waals surface area contributed by atoms with Crippen molar-refractivity contribution in [3.05, 3.63) is 40.9 Å². The molecule has 0 amide bonds. The third-order valence-corrected chi connectivity index (χ3v) is 3.34. The lowest BCUT2D eigenvalue weighted by Crippen LogP contribution is -2.27. The summed E-state index contributed by atoms with van der Waals surface area (Å²) in [5.74, 6) is 0. The second-order valence-corrected chi connectivity index (χ2v) is 4.97. The van der Waals surface area contributed by atoms with Gasteiger partial charge in [-0.3, -0.25) is 0 Å². The molecule has 0 aliphatic carbocycles. The highest BCUT2D eigenvalue weighted by Gasteiger charge is 2.10. The van der Waals surface area contributed by atoms with E-state index in [1.165, 1.54) is 0 Å². The molecule has 1 N–H and O–H groups in total. The molecule has 100 valence electrons. The summed E-state index contributed by atoms with van der Waals surface area (Å²) >= 11 is 3.55. The summed E-state index contributed by atoms with van der Waals surface area (Å²) in [4.78, 5) is 2.17. The predicted molar refractivity (Wildman–Crippen MR) is 79.1 cm³/mol. The van der Waals surface area contributed by atoms with Gasteiger partial charge in [0.25, 0.3) is 0 Å². The van der Waals surface area contributed by atoms with Gasteiger partial charge in [-0.15, -0.1) is 6.58 Å². The summed E-state index contributed by atoms with van der Waals surface area (Å²) in [5.41, 5.74) is 1.98. The monoisotopic (exact) mass is 313 g/mol. The van der Waals surface area contributed by atoms with E-state index < -0.39 is 6.10 Å². The molecule has 0 radical (unpaired) electrons. The third-order valence-electron chi connectivity index (χ3n) is 2.71. The van der Waals surface area contributed by atoms with Crippen molar-refractivity contribution in [2.45, 2.75) is 13.0 Å². The second kappa shape index (κ2) is 7.56. The Morgan fingerprint density at radius 2 is 2.28 bits per heavy atom. The summed E-state index contributed by atoms with van der Waals surface area (Å²) in [5, 5.41) is 9.55. The van der Waals surface area contributed by atoms with Crippen molar-refractivity contribution in [2.75, 3.05) is 31.7 Å². The van der Waals surface area contributed by atoms with Crippen molar-refractivity contribution in [2.24, 2.45) is 0 Å². The zero-order valence-corrected chi connectivity index (χ0v) is 12.5.